The topological polar surface area (TPSA) is 54.5 Å². The van der Waals surface area contributed by atoms with Crippen LogP contribution in [0.25, 0.3) is 0 Å². The molecule has 0 unspecified atom stereocenters. The number of carbonyl (C=O) groups is 1. The number of nitrogens with zero attached hydrogens (tertiary/aromatic N) is 2. The molecule has 1 aromatic heterocycles. The van der Waals surface area contributed by atoms with Gasteiger partial charge in [-0.1, -0.05) is 6.07 Å². The van der Waals surface area contributed by atoms with Gasteiger partial charge in [0.1, 0.15) is 0 Å². The van der Waals surface area contributed by atoms with Gasteiger partial charge < -0.3 is 10.1 Å². The van der Waals surface area contributed by atoms with Crippen molar-refractivity contribution in [1.29, 1.82) is 0 Å². The van der Waals surface area contributed by atoms with E-state index in [0.717, 1.165) is 25.9 Å². The lowest BCUT2D eigenvalue weighted by atomic mass is 9.92. The van der Waals surface area contributed by atoms with Gasteiger partial charge in [0.2, 0.25) is 5.91 Å². The second-order valence-electron chi connectivity index (χ2n) is 5.70. The predicted octanol–water partition coefficient (Wildman–Crippen LogP) is 1.44. The van der Waals surface area contributed by atoms with E-state index in [2.05, 4.69) is 28.2 Å². The fourth-order valence-electron chi connectivity index (χ4n) is 2.76. The third kappa shape index (κ3) is 4.79. The number of hydrogen-bond donors (Lipinski definition) is 1. The molecule has 1 aromatic rings. The molecule has 1 fully saturated rings. The molecule has 1 saturated heterocycles. The van der Waals surface area contributed by atoms with Gasteiger partial charge in [0.05, 0.1) is 12.5 Å². The summed E-state index contributed by atoms with van der Waals surface area (Å²) in [6.45, 7) is 5.05. The second kappa shape index (κ2) is 8.10. The fourth-order valence-corrected chi connectivity index (χ4v) is 2.76. The minimum atomic E-state index is 0.0785. The van der Waals surface area contributed by atoms with E-state index in [9.17, 15) is 4.79 Å². The summed E-state index contributed by atoms with van der Waals surface area (Å²) >= 11 is 0. The van der Waals surface area contributed by atoms with Crippen LogP contribution in [-0.4, -0.2) is 48.6 Å². The van der Waals surface area contributed by atoms with Crippen molar-refractivity contribution in [2.24, 2.45) is 5.92 Å². The minimum absolute atomic E-state index is 0.0785. The van der Waals surface area contributed by atoms with Crippen LogP contribution in [0.4, 0.5) is 0 Å². The van der Waals surface area contributed by atoms with Gasteiger partial charge in [-0.2, -0.15) is 0 Å². The Kier molecular flexibility index (Phi) is 6.14. The highest BCUT2D eigenvalue weighted by molar-refractivity contribution is 5.78. The van der Waals surface area contributed by atoms with Crippen molar-refractivity contribution >= 4 is 5.91 Å². The Morgan fingerprint density at radius 2 is 2.38 bits per heavy atom. The van der Waals surface area contributed by atoms with E-state index >= 15 is 0 Å². The maximum Gasteiger partial charge on any atom is 0.224 e. The third-order valence-electron chi connectivity index (χ3n) is 4.10. The summed E-state index contributed by atoms with van der Waals surface area (Å²) in [5, 5.41) is 2.95. The lowest BCUT2D eigenvalue weighted by molar-refractivity contribution is -0.127. The highest BCUT2D eigenvalue weighted by Gasteiger charge is 2.29. The molecule has 0 bridgehead atoms. The number of aromatic nitrogens is 1. The summed E-state index contributed by atoms with van der Waals surface area (Å²) in [4.78, 5) is 18.7. The smallest absolute Gasteiger partial charge is 0.224 e. The number of ether oxygens (including phenoxy) is 1. The van der Waals surface area contributed by atoms with Crippen LogP contribution in [0.2, 0.25) is 0 Å². The van der Waals surface area contributed by atoms with E-state index in [-0.39, 0.29) is 11.8 Å². The SMILES string of the molecule is COCCNC(=O)[C@@H]1CC[C@H](C)N(Cc2cccnc2)C1. The Balaban J connectivity index is 1.88. The first-order valence-corrected chi connectivity index (χ1v) is 7.60. The zero-order chi connectivity index (χ0) is 15.1. The van der Waals surface area contributed by atoms with Gasteiger partial charge in [0.25, 0.3) is 0 Å². The number of piperidine rings is 1. The molecule has 2 atom stereocenters. The standard InChI is InChI=1S/C16H25N3O2/c1-13-5-6-15(16(20)18-8-9-21-2)12-19(13)11-14-4-3-7-17-10-14/h3-4,7,10,13,15H,5-6,8-9,11-12H2,1-2H3,(H,18,20)/t13-,15+/m0/s1. The Labute approximate surface area is 126 Å². The summed E-state index contributed by atoms with van der Waals surface area (Å²) in [5.74, 6) is 0.227. The molecule has 0 spiro atoms. The highest BCUT2D eigenvalue weighted by Crippen LogP contribution is 2.23. The number of likely N-dealkylation sites (tertiary alicyclic amines) is 1. The van der Waals surface area contributed by atoms with Gasteiger partial charge in [-0.15, -0.1) is 0 Å². The van der Waals surface area contributed by atoms with Crippen molar-refractivity contribution < 1.29 is 9.53 Å². The first-order valence-electron chi connectivity index (χ1n) is 7.60. The van der Waals surface area contributed by atoms with E-state index < -0.39 is 0 Å². The molecule has 1 aliphatic heterocycles. The van der Waals surface area contributed by atoms with Gasteiger partial charge in [-0.25, -0.2) is 0 Å². The molecule has 0 aliphatic carbocycles. The molecule has 1 N–H and O–H groups in total. The summed E-state index contributed by atoms with van der Waals surface area (Å²) in [5.41, 5.74) is 1.20. The van der Waals surface area contributed by atoms with Crippen molar-refractivity contribution in [3.05, 3.63) is 30.1 Å². The van der Waals surface area contributed by atoms with Crippen molar-refractivity contribution in [3.8, 4) is 0 Å². The number of carbonyl (C=O) groups excluding carboxylic acids is 1. The van der Waals surface area contributed by atoms with Crippen molar-refractivity contribution in [2.75, 3.05) is 26.8 Å². The highest BCUT2D eigenvalue weighted by atomic mass is 16.5. The average molecular weight is 291 g/mol. The maximum absolute atomic E-state index is 12.2. The van der Waals surface area contributed by atoms with Crippen LogP contribution in [-0.2, 0) is 16.1 Å². The van der Waals surface area contributed by atoms with Crippen molar-refractivity contribution in [3.63, 3.8) is 0 Å². The molecule has 0 saturated carbocycles. The van der Waals surface area contributed by atoms with Crippen LogP contribution in [0, 0.1) is 5.92 Å². The number of rotatable bonds is 6. The number of nitrogens with one attached hydrogen (secondary N) is 1. The summed E-state index contributed by atoms with van der Waals surface area (Å²) in [7, 11) is 1.64. The van der Waals surface area contributed by atoms with Crippen LogP contribution in [0.3, 0.4) is 0 Å². The van der Waals surface area contributed by atoms with Gasteiger partial charge in [0.15, 0.2) is 0 Å². The molecule has 1 aliphatic rings. The van der Waals surface area contributed by atoms with E-state index in [1.165, 1.54) is 5.56 Å². The number of methoxy groups -OCH3 is 1. The molecule has 0 radical (unpaired) electrons. The van der Waals surface area contributed by atoms with Crippen LogP contribution in [0.1, 0.15) is 25.3 Å². The number of pyridine rings is 1. The van der Waals surface area contributed by atoms with Crippen LogP contribution in [0.15, 0.2) is 24.5 Å². The van der Waals surface area contributed by atoms with Gasteiger partial charge in [-0.05, 0) is 31.4 Å². The fraction of sp³-hybridized carbons (Fsp3) is 0.625. The van der Waals surface area contributed by atoms with E-state index in [1.807, 2.05) is 12.3 Å². The first kappa shape index (κ1) is 15.9. The molecular formula is C16H25N3O2. The average Bonchev–Trinajstić information content (AvgIpc) is 2.50. The Morgan fingerprint density at radius 3 is 3.10 bits per heavy atom. The quantitative estimate of drug-likeness (QED) is 0.806. The molecule has 116 valence electrons. The molecular weight excluding hydrogens is 266 g/mol. The summed E-state index contributed by atoms with van der Waals surface area (Å²) < 4.78 is 4.96. The molecule has 5 heteroatoms. The van der Waals surface area contributed by atoms with Crippen LogP contribution < -0.4 is 5.32 Å². The Hall–Kier alpha value is -1.46. The zero-order valence-corrected chi connectivity index (χ0v) is 12.9. The molecule has 2 rings (SSSR count). The predicted molar refractivity (Wildman–Crippen MR) is 81.7 cm³/mol. The van der Waals surface area contributed by atoms with E-state index in [1.54, 1.807) is 13.3 Å². The van der Waals surface area contributed by atoms with Crippen molar-refractivity contribution in [1.82, 2.24) is 15.2 Å². The Bertz CT molecular complexity index is 438. The second-order valence-corrected chi connectivity index (χ2v) is 5.70. The van der Waals surface area contributed by atoms with Gasteiger partial charge in [0, 0.05) is 45.2 Å². The normalized spacial score (nSPS) is 23.0. The largest absolute Gasteiger partial charge is 0.383 e. The monoisotopic (exact) mass is 291 g/mol. The number of hydrogen-bond acceptors (Lipinski definition) is 4. The lowest BCUT2D eigenvalue weighted by Crippen LogP contribution is -2.46. The molecule has 0 aromatic carbocycles. The van der Waals surface area contributed by atoms with Crippen LogP contribution in [0.5, 0.6) is 0 Å². The van der Waals surface area contributed by atoms with E-state index in [4.69, 9.17) is 4.74 Å². The first-order chi connectivity index (χ1) is 10.2. The van der Waals surface area contributed by atoms with E-state index in [0.29, 0.717) is 19.2 Å². The molecule has 2 heterocycles. The van der Waals surface area contributed by atoms with Gasteiger partial charge in [-0.3, -0.25) is 14.7 Å². The summed E-state index contributed by atoms with van der Waals surface area (Å²) in [6.07, 6.45) is 5.70. The minimum Gasteiger partial charge on any atom is -0.383 e. The lowest BCUT2D eigenvalue weighted by Gasteiger charge is -2.37. The third-order valence-corrected chi connectivity index (χ3v) is 4.10. The molecule has 21 heavy (non-hydrogen) atoms. The zero-order valence-electron chi connectivity index (χ0n) is 12.9. The molecule has 1 amide bonds. The Morgan fingerprint density at radius 1 is 1.52 bits per heavy atom. The maximum atomic E-state index is 12.2. The van der Waals surface area contributed by atoms with Gasteiger partial charge >= 0.3 is 0 Å². The van der Waals surface area contributed by atoms with Crippen LogP contribution >= 0.6 is 0 Å². The van der Waals surface area contributed by atoms with Crippen molar-refractivity contribution in [2.45, 2.75) is 32.4 Å². The number of amides is 1. The molecule has 5 nitrogen and oxygen atoms in total. The summed E-state index contributed by atoms with van der Waals surface area (Å²) in [6, 6.07) is 4.55.